The van der Waals surface area contributed by atoms with Crippen molar-refractivity contribution in [1.82, 2.24) is 0 Å². The molecule has 0 bridgehead atoms. The van der Waals surface area contributed by atoms with E-state index in [2.05, 4.69) is 4.99 Å². The summed E-state index contributed by atoms with van der Waals surface area (Å²) in [6, 6.07) is 13.2. The van der Waals surface area contributed by atoms with Gasteiger partial charge < -0.3 is 9.47 Å². The molecule has 0 N–H and O–H groups in total. The Labute approximate surface area is 158 Å². The zero-order valence-corrected chi connectivity index (χ0v) is 15.3. The van der Waals surface area contributed by atoms with Gasteiger partial charge in [-0.15, -0.1) is 0 Å². The van der Waals surface area contributed by atoms with Gasteiger partial charge in [0.05, 0.1) is 0 Å². The van der Waals surface area contributed by atoms with Crippen LogP contribution in [0.5, 0.6) is 11.5 Å². The fraction of sp³-hybridized carbons (Fsp3) is 0.111. The monoisotopic (exact) mass is 389 g/mol. The van der Waals surface area contributed by atoms with Crippen LogP contribution in [0.4, 0.5) is 0 Å². The van der Waals surface area contributed by atoms with E-state index in [9.17, 15) is 4.79 Å². The van der Waals surface area contributed by atoms with Gasteiger partial charge in [0.25, 0.3) is 0 Å². The minimum absolute atomic E-state index is 0.0562. The summed E-state index contributed by atoms with van der Waals surface area (Å²) < 4.78 is 11.4. The third kappa shape index (κ3) is 3.71. The largest absolute Gasteiger partial charge is 0.454 e. The second-order valence-corrected chi connectivity index (χ2v) is 7.88. The van der Waals surface area contributed by atoms with Gasteiger partial charge in [0.2, 0.25) is 11.9 Å². The molecule has 0 atom stereocenters. The standard InChI is InChI=1S/C18H12ClNO3S2/c19-13-4-2-1-3-12(13)9-24-18-20-14(17(21)25-18)7-11-5-6-15-16(8-11)23-10-22-15/h1-8H,9-10H2. The van der Waals surface area contributed by atoms with Crippen molar-refractivity contribution in [2.75, 3.05) is 6.79 Å². The van der Waals surface area contributed by atoms with E-state index in [0.717, 1.165) is 32.3 Å². The Morgan fingerprint density at radius 2 is 2.04 bits per heavy atom. The average molecular weight is 390 g/mol. The molecule has 4 rings (SSSR count). The quantitative estimate of drug-likeness (QED) is 0.693. The Bertz CT molecular complexity index is 911. The molecule has 0 aliphatic carbocycles. The van der Waals surface area contributed by atoms with Crippen LogP contribution in [0.2, 0.25) is 5.02 Å². The van der Waals surface area contributed by atoms with E-state index in [4.69, 9.17) is 21.1 Å². The van der Waals surface area contributed by atoms with Crippen LogP contribution in [0.3, 0.4) is 0 Å². The summed E-state index contributed by atoms with van der Waals surface area (Å²) in [6.45, 7) is 0.227. The first-order valence-electron chi connectivity index (χ1n) is 7.47. The van der Waals surface area contributed by atoms with Crippen LogP contribution in [0.25, 0.3) is 6.08 Å². The fourth-order valence-electron chi connectivity index (χ4n) is 2.37. The van der Waals surface area contributed by atoms with Gasteiger partial charge in [-0.3, -0.25) is 4.79 Å². The van der Waals surface area contributed by atoms with Crippen LogP contribution < -0.4 is 9.47 Å². The van der Waals surface area contributed by atoms with Crippen molar-refractivity contribution >= 4 is 50.7 Å². The molecule has 0 radical (unpaired) electrons. The second-order valence-electron chi connectivity index (χ2n) is 5.29. The lowest BCUT2D eigenvalue weighted by Gasteiger charge is -2.02. The number of ether oxygens (including phenoxy) is 2. The summed E-state index contributed by atoms with van der Waals surface area (Å²) in [5.74, 6) is 2.08. The summed E-state index contributed by atoms with van der Waals surface area (Å²) in [6.07, 6.45) is 1.76. The number of halogens is 1. The third-order valence-corrected chi connectivity index (χ3v) is 6.04. The van der Waals surface area contributed by atoms with E-state index < -0.39 is 0 Å². The highest BCUT2D eigenvalue weighted by atomic mass is 35.5. The Kier molecular flexibility index (Phi) is 4.74. The van der Waals surface area contributed by atoms with Gasteiger partial charge in [-0.25, -0.2) is 4.99 Å². The van der Waals surface area contributed by atoms with Gasteiger partial charge in [-0.1, -0.05) is 47.6 Å². The molecule has 0 fully saturated rings. The maximum atomic E-state index is 12.2. The number of carbonyl (C=O) groups excluding carboxylic acids is 1. The molecular formula is C18H12ClNO3S2. The maximum Gasteiger partial charge on any atom is 0.244 e. The Morgan fingerprint density at radius 3 is 2.92 bits per heavy atom. The predicted octanol–water partition coefficient (Wildman–Crippen LogP) is 4.97. The number of carbonyl (C=O) groups is 1. The second kappa shape index (κ2) is 7.15. The number of rotatable bonds is 3. The molecule has 25 heavy (non-hydrogen) atoms. The molecule has 2 aliphatic heterocycles. The van der Waals surface area contributed by atoms with Crippen molar-refractivity contribution < 1.29 is 14.3 Å². The highest BCUT2D eigenvalue weighted by molar-refractivity contribution is 8.45. The molecule has 0 unspecified atom stereocenters. The van der Waals surface area contributed by atoms with E-state index in [0.29, 0.717) is 22.9 Å². The fourth-order valence-corrected chi connectivity index (χ4v) is 4.49. The van der Waals surface area contributed by atoms with E-state index in [1.807, 2.05) is 42.5 Å². The van der Waals surface area contributed by atoms with E-state index in [1.54, 1.807) is 6.08 Å². The van der Waals surface area contributed by atoms with Crippen LogP contribution in [0, 0.1) is 0 Å². The molecule has 2 aromatic carbocycles. The van der Waals surface area contributed by atoms with Crippen molar-refractivity contribution in [3.05, 3.63) is 64.3 Å². The van der Waals surface area contributed by atoms with Crippen LogP contribution in [-0.2, 0) is 10.5 Å². The van der Waals surface area contributed by atoms with Gasteiger partial charge >= 0.3 is 0 Å². The molecular weight excluding hydrogens is 378 g/mol. The molecule has 7 heteroatoms. The van der Waals surface area contributed by atoms with Gasteiger partial charge in [-0.05, 0) is 47.2 Å². The highest BCUT2D eigenvalue weighted by Gasteiger charge is 2.23. The van der Waals surface area contributed by atoms with Gasteiger partial charge in [0.1, 0.15) is 10.1 Å². The minimum atomic E-state index is -0.0562. The van der Waals surface area contributed by atoms with Gasteiger partial charge in [0.15, 0.2) is 11.5 Å². The summed E-state index contributed by atoms with van der Waals surface area (Å²) in [5.41, 5.74) is 2.32. The summed E-state index contributed by atoms with van der Waals surface area (Å²) in [7, 11) is 0. The molecule has 0 aromatic heterocycles. The number of hydrogen-bond acceptors (Lipinski definition) is 6. The van der Waals surface area contributed by atoms with Crippen molar-refractivity contribution in [3.8, 4) is 11.5 Å². The van der Waals surface area contributed by atoms with Crippen LogP contribution in [-0.4, -0.2) is 16.3 Å². The number of aliphatic imine (C=N–C) groups is 1. The normalized spacial score (nSPS) is 17.2. The zero-order chi connectivity index (χ0) is 17.2. The first-order valence-corrected chi connectivity index (χ1v) is 9.65. The Morgan fingerprint density at radius 1 is 1.20 bits per heavy atom. The predicted molar refractivity (Wildman–Crippen MR) is 103 cm³/mol. The van der Waals surface area contributed by atoms with Crippen LogP contribution in [0.15, 0.2) is 53.2 Å². The lowest BCUT2D eigenvalue weighted by atomic mass is 10.2. The van der Waals surface area contributed by atoms with Crippen molar-refractivity contribution in [1.29, 1.82) is 0 Å². The van der Waals surface area contributed by atoms with Crippen LogP contribution >= 0.6 is 35.1 Å². The number of hydrogen-bond donors (Lipinski definition) is 0. The van der Waals surface area contributed by atoms with Crippen LogP contribution in [0.1, 0.15) is 11.1 Å². The highest BCUT2D eigenvalue weighted by Crippen LogP contribution is 2.36. The molecule has 0 saturated heterocycles. The van der Waals surface area contributed by atoms with Crippen molar-refractivity contribution in [2.45, 2.75) is 5.75 Å². The molecule has 2 aromatic rings. The lowest BCUT2D eigenvalue weighted by Crippen LogP contribution is -1.92. The maximum absolute atomic E-state index is 12.2. The topological polar surface area (TPSA) is 47.9 Å². The SMILES string of the molecule is O=C1SC(SCc2ccccc2Cl)=NC1=Cc1ccc2c(c1)OCO2. The lowest BCUT2D eigenvalue weighted by molar-refractivity contribution is -0.107. The number of thioether (sulfide) groups is 2. The first kappa shape index (κ1) is 16.6. The molecule has 0 saturated carbocycles. The third-order valence-electron chi connectivity index (χ3n) is 3.61. The molecule has 2 aliphatic rings. The Balaban J connectivity index is 1.49. The first-order chi connectivity index (χ1) is 12.2. The molecule has 0 spiro atoms. The van der Waals surface area contributed by atoms with Gasteiger partial charge in [0, 0.05) is 10.8 Å². The number of nitrogens with zero attached hydrogens (tertiary/aromatic N) is 1. The smallest absolute Gasteiger partial charge is 0.244 e. The zero-order valence-electron chi connectivity index (χ0n) is 12.9. The van der Waals surface area contributed by atoms with Crippen molar-refractivity contribution in [2.24, 2.45) is 4.99 Å². The minimum Gasteiger partial charge on any atom is -0.454 e. The Hall–Kier alpha value is -1.89. The number of fused-ring (bicyclic) bond motifs is 1. The summed E-state index contributed by atoms with van der Waals surface area (Å²) >= 11 is 8.82. The molecule has 4 nitrogen and oxygen atoms in total. The summed E-state index contributed by atoms with van der Waals surface area (Å²) in [5, 5.41) is 0.667. The summed E-state index contributed by atoms with van der Waals surface area (Å²) in [4.78, 5) is 16.6. The van der Waals surface area contributed by atoms with E-state index >= 15 is 0 Å². The molecule has 126 valence electrons. The molecule has 0 amide bonds. The number of benzene rings is 2. The van der Waals surface area contributed by atoms with E-state index in [1.165, 1.54) is 11.8 Å². The average Bonchev–Trinajstić information content (AvgIpc) is 3.21. The van der Waals surface area contributed by atoms with Crippen molar-refractivity contribution in [3.63, 3.8) is 0 Å². The van der Waals surface area contributed by atoms with E-state index in [-0.39, 0.29) is 11.9 Å². The molecule has 2 heterocycles. The van der Waals surface area contributed by atoms with Gasteiger partial charge in [-0.2, -0.15) is 0 Å².